The lowest BCUT2D eigenvalue weighted by molar-refractivity contribution is -0.116. The topological polar surface area (TPSA) is 37.6 Å². The van der Waals surface area contributed by atoms with Gasteiger partial charge >= 0.3 is 0 Å². The van der Waals surface area contributed by atoms with E-state index in [9.17, 15) is 4.79 Å². The summed E-state index contributed by atoms with van der Waals surface area (Å²) in [6.45, 7) is 1.58. The first-order chi connectivity index (χ1) is 11.5. The molecule has 4 rings (SSSR count). The molecule has 6 heteroatoms. The maximum Gasteiger partial charge on any atom is 0.223 e. The van der Waals surface area contributed by atoms with Crippen molar-refractivity contribution in [2.24, 2.45) is 0 Å². The van der Waals surface area contributed by atoms with Gasteiger partial charge in [0, 0.05) is 33.8 Å². The molecule has 1 aliphatic carbocycles. The third kappa shape index (κ3) is 2.38. The van der Waals surface area contributed by atoms with E-state index < -0.39 is 0 Å². The van der Waals surface area contributed by atoms with Crippen molar-refractivity contribution >= 4 is 55.8 Å². The van der Waals surface area contributed by atoms with Crippen molar-refractivity contribution in [3.63, 3.8) is 0 Å². The second kappa shape index (κ2) is 5.84. The highest BCUT2D eigenvalue weighted by molar-refractivity contribution is 14.1. The summed E-state index contributed by atoms with van der Waals surface area (Å²) < 4.78 is 4.39. The number of halogens is 2. The summed E-state index contributed by atoms with van der Waals surface area (Å²) in [5, 5.41) is 0. The number of benzene rings is 1. The van der Waals surface area contributed by atoms with Crippen LogP contribution >= 0.6 is 38.5 Å². The number of carbonyl (C=O) groups excluding carboxylic acids is 1. The molecule has 0 saturated heterocycles. The van der Waals surface area contributed by atoms with E-state index in [1.54, 1.807) is 18.9 Å². The molecule has 1 aromatic carbocycles. The van der Waals surface area contributed by atoms with Crippen molar-refractivity contribution in [1.82, 2.24) is 9.38 Å². The first-order valence-corrected chi connectivity index (χ1v) is 9.57. The molecule has 2 aromatic heterocycles. The first-order valence-electron chi connectivity index (χ1n) is 7.70. The summed E-state index contributed by atoms with van der Waals surface area (Å²) in [6, 6.07) is 8.22. The molecule has 4 nitrogen and oxygen atoms in total. The van der Waals surface area contributed by atoms with Gasteiger partial charge in [-0.25, -0.2) is 4.98 Å². The van der Waals surface area contributed by atoms with Gasteiger partial charge in [-0.2, -0.15) is 0 Å². The number of hydrogen-bond acceptors (Lipinski definition) is 2. The molecular formula is C18H15BrIN3O. The SMILES string of the molecule is CC(=O)N(C)c1ccc2c(c1Br)CCc1c-2nc2ccc(I)cn12. The number of nitrogens with zero attached hydrogens (tertiary/aromatic N) is 3. The van der Waals surface area contributed by atoms with Gasteiger partial charge in [0.05, 0.1) is 17.1 Å². The van der Waals surface area contributed by atoms with Crippen molar-refractivity contribution in [3.05, 3.63) is 49.8 Å². The minimum Gasteiger partial charge on any atom is -0.315 e. The summed E-state index contributed by atoms with van der Waals surface area (Å²) in [5.74, 6) is 0.0226. The molecule has 2 heterocycles. The fraction of sp³-hybridized carbons (Fsp3) is 0.222. The average molecular weight is 496 g/mol. The number of fused-ring (bicyclic) bond motifs is 5. The fourth-order valence-electron chi connectivity index (χ4n) is 3.27. The van der Waals surface area contributed by atoms with Gasteiger partial charge in [0.1, 0.15) is 5.65 Å². The zero-order valence-corrected chi connectivity index (χ0v) is 17.1. The van der Waals surface area contributed by atoms with Gasteiger partial charge in [-0.05, 0) is 75.1 Å². The van der Waals surface area contributed by atoms with Crippen LogP contribution in [-0.2, 0) is 17.6 Å². The highest BCUT2D eigenvalue weighted by Crippen LogP contribution is 2.41. The number of pyridine rings is 1. The van der Waals surface area contributed by atoms with Crippen molar-refractivity contribution < 1.29 is 4.79 Å². The van der Waals surface area contributed by atoms with Crippen LogP contribution in [-0.4, -0.2) is 22.3 Å². The van der Waals surface area contributed by atoms with Crippen LogP contribution in [0.1, 0.15) is 18.2 Å². The molecule has 0 unspecified atom stereocenters. The molecule has 24 heavy (non-hydrogen) atoms. The van der Waals surface area contributed by atoms with E-state index in [-0.39, 0.29) is 5.91 Å². The van der Waals surface area contributed by atoms with E-state index >= 15 is 0 Å². The molecule has 0 bridgehead atoms. The predicted octanol–water partition coefficient (Wildman–Crippen LogP) is 4.45. The molecule has 122 valence electrons. The standard InChI is InChI=1S/C18H15BrIN3O/c1-10(24)22(2)14-6-5-13-12(17(14)19)4-7-15-18(13)21-16-8-3-11(20)9-23(15)16/h3,5-6,8-9H,4,7H2,1-2H3. The van der Waals surface area contributed by atoms with E-state index in [0.717, 1.165) is 39.9 Å². The number of imidazole rings is 1. The second-order valence-electron chi connectivity index (χ2n) is 5.99. The Morgan fingerprint density at radius 3 is 2.83 bits per heavy atom. The van der Waals surface area contributed by atoms with E-state index in [4.69, 9.17) is 4.98 Å². The van der Waals surface area contributed by atoms with E-state index in [1.165, 1.54) is 14.8 Å². The smallest absolute Gasteiger partial charge is 0.223 e. The molecular weight excluding hydrogens is 481 g/mol. The molecule has 1 aliphatic rings. The molecule has 1 amide bonds. The fourth-order valence-corrected chi connectivity index (χ4v) is 4.54. The van der Waals surface area contributed by atoms with E-state index in [1.807, 2.05) is 6.07 Å². The highest BCUT2D eigenvalue weighted by atomic mass is 127. The number of carbonyl (C=O) groups is 1. The number of hydrogen-bond donors (Lipinski definition) is 0. The van der Waals surface area contributed by atoms with Crippen LogP contribution in [0.15, 0.2) is 34.9 Å². The van der Waals surface area contributed by atoms with Crippen LogP contribution in [0.25, 0.3) is 16.9 Å². The maximum atomic E-state index is 11.7. The molecule has 0 fully saturated rings. The lowest BCUT2D eigenvalue weighted by Crippen LogP contribution is -2.23. The Morgan fingerprint density at radius 2 is 2.08 bits per heavy atom. The van der Waals surface area contributed by atoms with Gasteiger partial charge in [0.25, 0.3) is 0 Å². The van der Waals surface area contributed by atoms with Crippen molar-refractivity contribution in [3.8, 4) is 11.3 Å². The Bertz CT molecular complexity index is 996. The Hall–Kier alpha value is -1.41. The molecule has 0 saturated carbocycles. The largest absolute Gasteiger partial charge is 0.315 e. The second-order valence-corrected chi connectivity index (χ2v) is 8.02. The zero-order valence-electron chi connectivity index (χ0n) is 13.3. The number of aromatic nitrogens is 2. The summed E-state index contributed by atoms with van der Waals surface area (Å²) >= 11 is 6.04. The zero-order chi connectivity index (χ0) is 17.0. The minimum absolute atomic E-state index is 0.0226. The van der Waals surface area contributed by atoms with Crippen molar-refractivity contribution in [2.45, 2.75) is 19.8 Å². The summed E-state index contributed by atoms with van der Waals surface area (Å²) in [5.41, 5.74) is 6.58. The predicted molar refractivity (Wildman–Crippen MR) is 108 cm³/mol. The van der Waals surface area contributed by atoms with Crippen LogP contribution in [0.2, 0.25) is 0 Å². The molecule has 0 aliphatic heterocycles. The third-order valence-electron chi connectivity index (χ3n) is 4.60. The molecule has 0 N–H and O–H groups in total. The van der Waals surface area contributed by atoms with Gasteiger partial charge in [0.15, 0.2) is 0 Å². The first kappa shape index (κ1) is 16.1. The Labute approximate surface area is 162 Å². The Morgan fingerprint density at radius 1 is 1.29 bits per heavy atom. The van der Waals surface area contributed by atoms with Crippen LogP contribution in [0.5, 0.6) is 0 Å². The summed E-state index contributed by atoms with van der Waals surface area (Å²) in [7, 11) is 1.80. The lowest BCUT2D eigenvalue weighted by Gasteiger charge is -2.23. The normalized spacial score (nSPS) is 12.8. The van der Waals surface area contributed by atoms with Crippen LogP contribution in [0, 0.1) is 3.57 Å². The number of amides is 1. The highest BCUT2D eigenvalue weighted by Gasteiger charge is 2.25. The third-order valence-corrected chi connectivity index (χ3v) is 6.13. The molecule has 0 atom stereocenters. The summed E-state index contributed by atoms with van der Waals surface area (Å²) in [6.07, 6.45) is 4.01. The number of rotatable bonds is 1. The van der Waals surface area contributed by atoms with E-state index in [0.29, 0.717) is 0 Å². The van der Waals surface area contributed by atoms with Crippen molar-refractivity contribution in [2.75, 3.05) is 11.9 Å². The molecule has 0 spiro atoms. The average Bonchev–Trinajstić information content (AvgIpc) is 2.92. The van der Waals surface area contributed by atoms with Crippen molar-refractivity contribution in [1.29, 1.82) is 0 Å². The van der Waals surface area contributed by atoms with Crippen LogP contribution in [0.3, 0.4) is 0 Å². The quantitative estimate of drug-likeness (QED) is 0.468. The van der Waals surface area contributed by atoms with Crippen LogP contribution in [0.4, 0.5) is 5.69 Å². The molecule has 0 radical (unpaired) electrons. The van der Waals surface area contributed by atoms with Crippen LogP contribution < -0.4 is 4.90 Å². The number of aryl methyl sites for hydroxylation is 1. The molecule has 3 aromatic rings. The number of anilines is 1. The van der Waals surface area contributed by atoms with Gasteiger partial charge in [-0.15, -0.1) is 0 Å². The van der Waals surface area contributed by atoms with E-state index in [2.05, 4.69) is 67.3 Å². The van der Waals surface area contributed by atoms with Gasteiger partial charge in [0.2, 0.25) is 5.91 Å². The monoisotopic (exact) mass is 495 g/mol. The minimum atomic E-state index is 0.0226. The van der Waals surface area contributed by atoms with Gasteiger partial charge in [-0.3, -0.25) is 4.79 Å². The lowest BCUT2D eigenvalue weighted by atomic mass is 9.91. The maximum absolute atomic E-state index is 11.7. The Balaban J connectivity index is 1.92. The van der Waals surface area contributed by atoms with Gasteiger partial charge in [-0.1, -0.05) is 6.07 Å². The Kier molecular flexibility index (Phi) is 3.91. The van der Waals surface area contributed by atoms with Gasteiger partial charge < -0.3 is 9.30 Å². The summed E-state index contributed by atoms with van der Waals surface area (Å²) in [4.78, 5) is 18.2.